The van der Waals surface area contributed by atoms with Gasteiger partial charge in [0.15, 0.2) is 0 Å². The molecule has 0 radical (unpaired) electrons. The molecule has 0 saturated heterocycles. The predicted molar refractivity (Wildman–Crippen MR) is 77.4 cm³/mol. The van der Waals surface area contributed by atoms with Crippen LogP contribution in [0.2, 0.25) is 5.02 Å². The summed E-state index contributed by atoms with van der Waals surface area (Å²) >= 11 is 6.13. The van der Waals surface area contributed by atoms with E-state index < -0.39 is 4.92 Å². The van der Waals surface area contributed by atoms with E-state index in [2.05, 4.69) is 5.32 Å². The lowest BCUT2D eigenvalue weighted by Crippen LogP contribution is -2.05. The predicted octanol–water partition coefficient (Wildman–Crippen LogP) is 3.76. The van der Waals surface area contributed by atoms with Gasteiger partial charge in [0.2, 0.25) is 0 Å². The molecule has 0 saturated carbocycles. The number of hydrogen-bond acceptors (Lipinski definition) is 4. The zero-order valence-corrected chi connectivity index (χ0v) is 11.6. The first-order valence-electron chi connectivity index (χ1n) is 5.95. The Bertz CT molecular complexity index is 614. The Morgan fingerprint density at radius 2 is 1.85 bits per heavy atom. The van der Waals surface area contributed by atoms with Gasteiger partial charge in [-0.25, -0.2) is 0 Å². The Balaban J connectivity index is 2.13. The van der Waals surface area contributed by atoms with Gasteiger partial charge >= 0.3 is 0 Å². The maximum atomic E-state index is 10.6. The summed E-state index contributed by atoms with van der Waals surface area (Å²) in [6, 6.07) is 11.3. The minimum atomic E-state index is -0.451. The molecular weight excluding hydrogens is 280 g/mol. The SMILES string of the molecule is CNCc1ccc(Oc2ccc([N+](=O)[O-])cc2)cc1Cl. The number of halogens is 1. The minimum Gasteiger partial charge on any atom is -0.457 e. The van der Waals surface area contributed by atoms with Gasteiger partial charge in [-0.05, 0) is 36.9 Å². The van der Waals surface area contributed by atoms with Crippen molar-refractivity contribution in [2.45, 2.75) is 6.54 Å². The van der Waals surface area contributed by atoms with Crippen molar-refractivity contribution < 1.29 is 9.66 Å². The van der Waals surface area contributed by atoms with Gasteiger partial charge in [-0.15, -0.1) is 0 Å². The highest BCUT2D eigenvalue weighted by Gasteiger charge is 2.06. The average Bonchev–Trinajstić information content (AvgIpc) is 2.42. The maximum Gasteiger partial charge on any atom is 0.269 e. The average molecular weight is 293 g/mol. The first-order chi connectivity index (χ1) is 9.60. The van der Waals surface area contributed by atoms with Crippen LogP contribution in [0.3, 0.4) is 0 Å². The van der Waals surface area contributed by atoms with Crippen molar-refractivity contribution in [2.75, 3.05) is 7.05 Å². The highest BCUT2D eigenvalue weighted by Crippen LogP contribution is 2.27. The van der Waals surface area contributed by atoms with Gasteiger partial charge in [0.25, 0.3) is 5.69 Å². The molecule has 6 heteroatoms. The maximum absolute atomic E-state index is 10.6. The molecule has 2 aromatic carbocycles. The summed E-state index contributed by atoms with van der Waals surface area (Å²) in [5.41, 5.74) is 1.00. The molecule has 20 heavy (non-hydrogen) atoms. The van der Waals surface area contributed by atoms with Gasteiger partial charge in [-0.1, -0.05) is 17.7 Å². The Hall–Kier alpha value is -2.11. The van der Waals surface area contributed by atoms with Crippen molar-refractivity contribution in [3.05, 3.63) is 63.2 Å². The Morgan fingerprint density at radius 1 is 1.20 bits per heavy atom. The van der Waals surface area contributed by atoms with Crippen LogP contribution in [0, 0.1) is 10.1 Å². The summed E-state index contributed by atoms with van der Waals surface area (Å²) in [5.74, 6) is 1.11. The van der Waals surface area contributed by atoms with Gasteiger partial charge in [0.05, 0.1) is 4.92 Å². The zero-order valence-electron chi connectivity index (χ0n) is 10.8. The van der Waals surface area contributed by atoms with E-state index in [1.807, 2.05) is 13.1 Å². The summed E-state index contributed by atoms with van der Waals surface area (Å²) < 4.78 is 5.60. The molecule has 5 nitrogen and oxygen atoms in total. The lowest BCUT2D eigenvalue weighted by molar-refractivity contribution is -0.384. The van der Waals surface area contributed by atoms with Crippen LogP contribution in [0.15, 0.2) is 42.5 Å². The second kappa shape index (κ2) is 6.36. The molecule has 0 fully saturated rings. The number of nitro groups is 1. The van der Waals surface area contributed by atoms with Gasteiger partial charge in [0.1, 0.15) is 11.5 Å². The molecule has 0 heterocycles. The van der Waals surface area contributed by atoms with Gasteiger partial charge in [0, 0.05) is 23.7 Å². The number of benzene rings is 2. The summed E-state index contributed by atoms with van der Waals surface area (Å²) in [5, 5.41) is 14.2. The van der Waals surface area contributed by atoms with Crippen molar-refractivity contribution in [3.63, 3.8) is 0 Å². The number of nitrogens with one attached hydrogen (secondary N) is 1. The summed E-state index contributed by atoms with van der Waals surface area (Å²) in [6.07, 6.45) is 0. The molecule has 0 aliphatic heterocycles. The quantitative estimate of drug-likeness (QED) is 0.673. The third-order valence-corrected chi connectivity index (χ3v) is 3.03. The van der Waals surface area contributed by atoms with Crippen LogP contribution in [-0.4, -0.2) is 12.0 Å². The van der Waals surface area contributed by atoms with E-state index in [-0.39, 0.29) is 5.69 Å². The molecule has 1 N–H and O–H groups in total. The van der Waals surface area contributed by atoms with Crippen LogP contribution in [-0.2, 0) is 6.54 Å². The lowest BCUT2D eigenvalue weighted by Gasteiger charge is -2.08. The number of non-ortho nitro benzene ring substituents is 1. The number of nitro benzene ring substituents is 1. The summed E-state index contributed by atoms with van der Waals surface area (Å²) in [4.78, 5) is 10.1. The fourth-order valence-electron chi connectivity index (χ4n) is 1.70. The molecule has 0 bridgehead atoms. The van der Waals surface area contributed by atoms with E-state index in [0.29, 0.717) is 23.1 Å². The van der Waals surface area contributed by atoms with Crippen molar-refractivity contribution in [2.24, 2.45) is 0 Å². The molecule has 2 aromatic rings. The minimum absolute atomic E-state index is 0.0275. The standard InChI is InChI=1S/C14H13ClN2O3/c1-16-9-10-2-5-13(8-14(10)15)20-12-6-3-11(4-7-12)17(18)19/h2-8,16H,9H2,1H3. The highest BCUT2D eigenvalue weighted by atomic mass is 35.5. The molecule has 0 amide bonds. The molecular formula is C14H13ClN2O3. The molecule has 0 atom stereocenters. The second-order valence-corrected chi connectivity index (χ2v) is 4.54. The zero-order chi connectivity index (χ0) is 14.5. The van der Waals surface area contributed by atoms with Crippen molar-refractivity contribution in [1.82, 2.24) is 5.32 Å². The normalized spacial score (nSPS) is 10.3. The third-order valence-electron chi connectivity index (χ3n) is 2.68. The first kappa shape index (κ1) is 14.3. The third kappa shape index (κ3) is 3.46. The largest absolute Gasteiger partial charge is 0.457 e. The summed E-state index contributed by atoms with van der Waals surface area (Å²) in [6.45, 7) is 0.677. The molecule has 2 rings (SSSR count). The topological polar surface area (TPSA) is 64.4 Å². The van der Waals surface area contributed by atoms with Gasteiger partial charge in [-0.3, -0.25) is 10.1 Å². The number of ether oxygens (including phenoxy) is 1. The van der Waals surface area contributed by atoms with Gasteiger partial charge in [-0.2, -0.15) is 0 Å². The fourth-order valence-corrected chi connectivity index (χ4v) is 1.93. The van der Waals surface area contributed by atoms with Crippen LogP contribution in [0.25, 0.3) is 0 Å². The Morgan fingerprint density at radius 3 is 2.40 bits per heavy atom. The summed E-state index contributed by atoms with van der Waals surface area (Å²) in [7, 11) is 1.84. The van der Waals surface area contributed by atoms with Crippen molar-refractivity contribution in [3.8, 4) is 11.5 Å². The van der Waals surface area contributed by atoms with Crippen LogP contribution in [0.1, 0.15) is 5.56 Å². The second-order valence-electron chi connectivity index (χ2n) is 4.14. The molecule has 0 spiro atoms. The Kier molecular flexibility index (Phi) is 4.55. The number of nitrogens with zero attached hydrogens (tertiary/aromatic N) is 1. The molecule has 0 aliphatic carbocycles. The van der Waals surface area contributed by atoms with Crippen LogP contribution in [0.4, 0.5) is 5.69 Å². The Labute approximate surface area is 121 Å². The van der Waals surface area contributed by atoms with E-state index >= 15 is 0 Å². The monoisotopic (exact) mass is 292 g/mol. The van der Waals surface area contributed by atoms with Crippen molar-refractivity contribution in [1.29, 1.82) is 0 Å². The highest BCUT2D eigenvalue weighted by molar-refractivity contribution is 6.31. The first-order valence-corrected chi connectivity index (χ1v) is 6.33. The van der Waals surface area contributed by atoms with E-state index in [4.69, 9.17) is 16.3 Å². The van der Waals surface area contributed by atoms with E-state index in [0.717, 1.165) is 5.56 Å². The fraction of sp³-hybridized carbons (Fsp3) is 0.143. The van der Waals surface area contributed by atoms with E-state index in [1.54, 1.807) is 24.3 Å². The smallest absolute Gasteiger partial charge is 0.269 e. The van der Waals surface area contributed by atoms with E-state index in [1.165, 1.54) is 12.1 Å². The molecule has 104 valence electrons. The van der Waals surface area contributed by atoms with Crippen LogP contribution in [0.5, 0.6) is 11.5 Å². The molecule has 0 unspecified atom stereocenters. The lowest BCUT2D eigenvalue weighted by atomic mass is 10.2. The molecule has 0 aromatic heterocycles. The number of rotatable bonds is 5. The van der Waals surface area contributed by atoms with Crippen LogP contribution < -0.4 is 10.1 Å². The van der Waals surface area contributed by atoms with E-state index in [9.17, 15) is 10.1 Å². The van der Waals surface area contributed by atoms with Gasteiger partial charge < -0.3 is 10.1 Å². The molecule has 0 aliphatic rings. The number of hydrogen-bond donors (Lipinski definition) is 1. The van der Waals surface area contributed by atoms with Crippen LogP contribution >= 0.6 is 11.6 Å². The van der Waals surface area contributed by atoms with Crippen molar-refractivity contribution >= 4 is 17.3 Å².